The number of aliphatic carboxylic acids is 1. The molecule has 1 aliphatic heterocycles. The van der Waals surface area contributed by atoms with E-state index < -0.39 is 22.0 Å². The predicted molar refractivity (Wildman–Crippen MR) is 89.0 cm³/mol. The second kappa shape index (κ2) is 7.70. The zero-order chi connectivity index (χ0) is 18.6. The first-order valence-electron chi connectivity index (χ1n) is 7.61. The Bertz CT molecular complexity index is 728. The van der Waals surface area contributed by atoms with Crippen LogP contribution in [-0.4, -0.2) is 74.6 Å². The Balaban J connectivity index is 1.86. The van der Waals surface area contributed by atoms with Crippen LogP contribution < -0.4 is 10.1 Å². The van der Waals surface area contributed by atoms with E-state index in [4.69, 9.17) is 9.84 Å². The number of hydrogen-bond acceptors (Lipinski definition) is 5. The van der Waals surface area contributed by atoms with E-state index in [0.717, 1.165) is 0 Å². The lowest BCUT2D eigenvalue weighted by atomic mass is 10.2. The van der Waals surface area contributed by atoms with E-state index in [-0.39, 0.29) is 37.0 Å². The van der Waals surface area contributed by atoms with Gasteiger partial charge in [-0.15, -0.1) is 0 Å². The maximum Gasteiger partial charge on any atom is 0.317 e. The molecule has 1 aromatic rings. The van der Waals surface area contributed by atoms with E-state index in [2.05, 4.69) is 5.32 Å². The van der Waals surface area contributed by atoms with Gasteiger partial charge in [0.25, 0.3) is 0 Å². The lowest BCUT2D eigenvalue weighted by molar-refractivity contribution is -0.137. The molecular formula is C15H21N3O6S. The third kappa shape index (κ3) is 4.60. The Morgan fingerprint density at radius 1 is 1.32 bits per heavy atom. The van der Waals surface area contributed by atoms with Gasteiger partial charge < -0.3 is 20.1 Å². The van der Waals surface area contributed by atoms with Crippen LogP contribution in [-0.2, 0) is 14.8 Å². The summed E-state index contributed by atoms with van der Waals surface area (Å²) in [6.07, 6.45) is -0.146. The number of ether oxygens (including phenoxy) is 1. The first-order valence-corrected chi connectivity index (χ1v) is 9.05. The minimum Gasteiger partial charge on any atom is -0.497 e. The molecule has 2 rings (SSSR count). The van der Waals surface area contributed by atoms with Crippen LogP contribution >= 0.6 is 0 Å². The normalized spacial score (nSPS) is 15.3. The molecule has 1 heterocycles. The molecule has 0 bridgehead atoms. The molecule has 2 N–H and O–H groups in total. The van der Waals surface area contributed by atoms with E-state index >= 15 is 0 Å². The number of carboxylic acid groups (broad SMARTS) is 1. The van der Waals surface area contributed by atoms with Gasteiger partial charge in [0, 0.05) is 26.7 Å². The number of carbonyl (C=O) groups is 2. The highest BCUT2D eigenvalue weighted by atomic mass is 32.2. The fraction of sp³-hybridized carbons (Fsp3) is 0.467. The summed E-state index contributed by atoms with van der Waals surface area (Å²) in [7, 11) is -0.614. The van der Waals surface area contributed by atoms with Crippen LogP contribution in [0.5, 0.6) is 5.75 Å². The van der Waals surface area contributed by atoms with Gasteiger partial charge in [0.2, 0.25) is 10.0 Å². The van der Waals surface area contributed by atoms with Crippen molar-refractivity contribution >= 4 is 22.0 Å². The number of benzene rings is 1. The van der Waals surface area contributed by atoms with Gasteiger partial charge >= 0.3 is 12.0 Å². The fourth-order valence-corrected chi connectivity index (χ4v) is 3.80. The number of nitrogens with zero attached hydrogens (tertiary/aromatic N) is 2. The minimum atomic E-state index is -3.60. The average Bonchev–Trinajstić information content (AvgIpc) is 2.54. The van der Waals surface area contributed by atoms with Gasteiger partial charge in [0.1, 0.15) is 5.75 Å². The summed E-state index contributed by atoms with van der Waals surface area (Å²) in [5.74, 6) is -0.419. The number of methoxy groups -OCH3 is 1. The lowest BCUT2D eigenvalue weighted by Gasteiger charge is -2.39. The van der Waals surface area contributed by atoms with Crippen molar-refractivity contribution in [3.05, 3.63) is 24.3 Å². The number of urea groups is 1. The van der Waals surface area contributed by atoms with Gasteiger partial charge in [-0.05, 0) is 24.3 Å². The summed E-state index contributed by atoms with van der Waals surface area (Å²) >= 11 is 0. The topological polar surface area (TPSA) is 116 Å². The smallest absolute Gasteiger partial charge is 0.317 e. The van der Waals surface area contributed by atoms with E-state index in [9.17, 15) is 18.0 Å². The maximum atomic E-state index is 12.5. The molecule has 1 fully saturated rings. The molecule has 0 saturated carbocycles. The second-order valence-electron chi connectivity index (χ2n) is 5.71. The maximum absolute atomic E-state index is 12.5. The molecule has 138 valence electrons. The highest BCUT2D eigenvalue weighted by molar-refractivity contribution is 7.89. The van der Waals surface area contributed by atoms with Crippen molar-refractivity contribution < 1.29 is 27.9 Å². The quantitative estimate of drug-likeness (QED) is 0.706. The zero-order valence-electron chi connectivity index (χ0n) is 14.0. The standard InChI is InChI=1S/C15H21N3O6S/c1-17(8-7-14(19)20)15(21)16-11-9-18(10-11)25(22,23)13-5-3-12(24-2)4-6-13/h3-6,11H,7-10H2,1-2H3,(H,16,21)(H,19,20). The predicted octanol–water partition coefficient (Wildman–Crippen LogP) is 0.184. The van der Waals surface area contributed by atoms with Crippen molar-refractivity contribution in [3.8, 4) is 5.75 Å². The summed E-state index contributed by atoms with van der Waals surface area (Å²) < 4.78 is 31.2. The van der Waals surface area contributed by atoms with E-state index in [0.29, 0.717) is 5.75 Å². The highest BCUT2D eigenvalue weighted by Gasteiger charge is 2.37. The van der Waals surface area contributed by atoms with Crippen LogP contribution in [0.15, 0.2) is 29.2 Å². The van der Waals surface area contributed by atoms with E-state index in [1.165, 1.54) is 35.5 Å². The van der Waals surface area contributed by atoms with Crippen molar-refractivity contribution in [2.24, 2.45) is 0 Å². The van der Waals surface area contributed by atoms with Gasteiger partial charge in [-0.3, -0.25) is 4.79 Å². The first kappa shape index (κ1) is 19.0. The monoisotopic (exact) mass is 371 g/mol. The molecule has 0 unspecified atom stereocenters. The van der Waals surface area contributed by atoms with E-state index in [1.807, 2.05) is 0 Å². The summed E-state index contributed by atoms with van der Waals surface area (Å²) in [4.78, 5) is 23.8. The van der Waals surface area contributed by atoms with Crippen LogP contribution in [0.1, 0.15) is 6.42 Å². The highest BCUT2D eigenvalue weighted by Crippen LogP contribution is 2.23. The van der Waals surface area contributed by atoms with Crippen molar-refractivity contribution in [2.75, 3.05) is 33.8 Å². The molecule has 25 heavy (non-hydrogen) atoms. The summed E-state index contributed by atoms with van der Waals surface area (Å²) in [6, 6.07) is 5.37. The number of nitrogens with one attached hydrogen (secondary N) is 1. The molecule has 0 radical (unpaired) electrons. The van der Waals surface area contributed by atoms with Gasteiger partial charge in [-0.2, -0.15) is 4.31 Å². The van der Waals surface area contributed by atoms with Crippen molar-refractivity contribution in [1.29, 1.82) is 0 Å². The van der Waals surface area contributed by atoms with Gasteiger partial charge in [0.05, 0.1) is 24.5 Å². The average molecular weight is 371 g/mol. The number of amides is 2. The third-order valence-electron chi connectivity index (χ3n) is 3.88. The van der Waals surface area contributed by atoms with Crippen molar-refractivity contribution in [3.63, 3.8) is 0 Å². The van der Waals surface area contributed by atoms with Crippen LogP contribution in [0.3, 0.4) is 0 Å². The van der Waals surface area contributed by atoms with Crippen LogP contribution in [0.4, 0.5) is 4.79 Å². The SMILES string of the molecule is COc1ccc(S(=O)(=O)N2CC(NC(=O)N(C)CCC(=O)O)C2)cc1. The molecular weight excluding hydrogens is 350 g/mol. The Morgan fingerprint density at radius 3 is 2.44 bits per heavy atom. The number of hydrogen-bond donors (Lipinski definition) is 2. The summed E-state index contributed by atoms with van der Waals surface area (Å²) in [6.45, 7) is 0.432. The van der Waals surface area contributed by atoms with Crippen LogP contribution in [0, 0.1) is 0 Å². The molecule has 0 aromatic heterocycles. The first-order chi connectivity index (χ1) is 11.7. The molecule has 0 spiro atoms. The molecule has 1 saturated heterocycles. The summed E-state index contributed by atoms with van der Waals surface area (Å²) in [5, 5.41) is 11.3. The second-order valence-corrected chi connectivity index (χ2v) is 7.65. The molecule has 9 nitrogen and oxygen atoms in total. The number of rotatable bonds is 7. The molecule has 10 heteroatoms. The molecule has 2 amide bonds. The molecule has 0 aliphatic carbocycles. The zero-order valence-corrected chi connectivity index (χ0v) is 14.8. The van der Waals surface area contributed by atoms with Gasteiger partial charge in [-0.25, -0.2) is 13.2 Å². The summed E-state index contributed by atoms with van der Waals surface area (Å²) in [5.41, 5.74) is 0. The Hall–Kier alpha value is -2.33. The van der Waals surface area contributed by atoms with Crippen molar-refractivity contribution in [1.82, 2.24) is 14.5 Å². The van der Waals surface area contributed by atoms with Gasteiger partial charge in [-0.1, -0.05) is 0 Å². The fourth-order valence-electron chi connectivity index (χ4n) is 2.27. The van der Waals surface area contributed by atoms with Crippen molar-refractivity contribution in [2.45, 2.75) is 17.4 Å². The van der Waals surface area contributed by atoms with Crippen LogP contribution in [0.25, 0.3) is 0 Å². The molecule has 0 atom stereocenters. The Labute approximate surface area is 146 Å². The molecule has 1 aromatic carbocycles. The third-order valence-corrected chi connectivity index (χ3v) is 5.73. The van der Waals surface area contributed by atoms with Gasteiger partial charge in [0.15, 0.2) is 0 Å². The van der Waals surface area contributed by atoms with E-state index in [1.54, 1.807) is 12.1 Å². The number of carboxylic acids is 1. The lowest BCUT2D eigenvalue weighted by Crippen LogP contribution is -2.62. The number of carbonyl (C=O) groups excluding carboxylic acids is 1. The van der Waals surface area contributed by atoms with Crippen LogP contribution in [0.2, 0.25) is 0 Å². The Kier molecular flexibility index (Phi) is 5.85. The molecule has 1 aliphatic rings. The largest absolute Gasteiger partial charge is 0.497 e. The Morgan fingerprint density at radius 2 is 1.92 bits per heavy atom. The number of sulfonamides is 1. The minimum absolute atomic E-state index is 0.0851.